The van der Waals surface area contributed by atoms with Crippen LogP contribution in [0.5, 0.6) is 5.75 Å². The first-order valence-electron chi connectivity index (χ1n) is 7.59. The molecule has 0 amide bonds. The van der Waals surface area contributed by atoms with Crippen LogP contribution in [0, 0.1) is 0 Å². The van der Waals surface area contributed by atoms with E-state index in [-0.39, 0.29) is 6.61 Å². The molecule has 0 saturated carbocycles. The fourth-order valence-electron chi connectivity index (χ4n) is 1.60. The number of carbonyl (C=O) groups is 2. The molecule has 0 aliphatic heterocycles. The number of hydrogen-bond acceptors (Lipinski definition) is 6. The summed E-state index contributed by atoms with van der Waals surface area (Å²) < 4.78 is 11.1. The van der Waals surface area contributed by atoms with E-state index in [1.54, 1.807) is 0 Å². The smallest absolute Gasteiger partial charge is 0.414 e. The van der Waals surface area contributed by atoms with Crippen molar-refractivity contribution in [2.75, 3.05) is 39.5 Å². The summed E-state index contributed by atoms with van der Waals surface area (Å²) in [7, 11) is 0. The number of nitrogens with one attached hydrogen (secondary N) is 1. The highest BCUT2D eigenvalue weighted by Crippen LogP contribution is 2.17. The van der Waals surface area contributed by atoms with Gasteiger partial charge in [0.05, 0.1) is 19.8 Å². The molecule has 8 nitrogen and oxygen atoms in total. The first kappa shape index (κ1) is 21.8. The van der Waals surface area contributed by atoms with Crippen LogP contribution in [0.15, 0.2) is 24.3 Å². The van der Waals surface area contributed by atoms with Crippen molar-refractivity contribution in [2.45, 2.75) is 13.3 Å². The zero-order valence-electron chi connectivity index (χ0n) is 13.7. The van der Waals surface area contributed by atoms with E-state index in [1.807, 2.05) is 18.2 Å². The Bertz CT molecular complexity index is 467. The maximum atomic E-state index is 9.10. The number of carboxylic acids is 2. The number of benzene rings is 1. The summed E-state index contributed by atoms with van der Waals surface area (Å²) in [5, 5.41) is 26.4. The first-order valence-corrected chi connectivity index (χ1v) is 7.59. The first-order chi connectivity index (χ1) is 11.5. The van der Waals surface area contributed by atoms with Gasteiger partial charge in [0.2, 0.25) is 0 Å². The lowest BCUT2D eigenvalue weighted by atomic mass is 10.1. The van der Waals surface area contributed by atoms with E-state index in [0.29, 0.717) is 26.4 Å². The molecule has 0 bridgehead atoms. The van der Waals surface area contributed by atoms with Crippen LogP contribution >= 0.6 is 0 Å². The van der Waals surface area contributed by atoms with E-state index in [0.717, 1.165) is 18.7 Å². The average molecular weight is 343 g/mol. The monoisotopic (exact) mass is 343 g/mol. The highest BCUT2D eigenvalue weighted by Gasteiger charge is 2.04. The minimum absolute atomic E-state index is 0.164. The van der Waals surface area contributed by atoms with Crippen LogP contribution in [0.4, 0.5) is 0 Å². The van der Waals surface area contributed by atoms with Gasteiger partial charge in [-0.05, 0) is 18.1 Å². The van der Waals surface area contributed by atoms with E-state index in [2.05, 4.69) is 18.3 Å². The number of para-hydroxylation sites is 1. The van der Waals surface area contributed by atoms with E-state index < -0.39 is 11.9 Å². The molecule has 0 fully saturated rings. The van der Waals surface area contributed by atoms with Gasteiger partial charge in [0, 0.05) is 13.1 Å². The lowest BCUT2D eigenvalue weighted by molar-refractivity contribution is -0.159. The van der Waals surface area contributed by atoms with Crippen LogP contribution in [0.2, 0.25) is 0 Å². The highest BCUT2D eigenvalue weighted by atomic mass is 16.5. The lowest BCUT2D eigenvalue weighted by Gasteiger charge is -2.10. The normalized spacial score (nSPS) is 9.75. The van der Waals surface area contributed by atoms with Crippen LogP contribution < -0.4 is 10.1 Å². The van der Waals surface area contributed by atoms with Gasteiger partial charge in [0.15, 0.2) is 0 Å². The Balaban J connectivity index is 0.000000754. The highest BCUT2D eigenvalue weighted by molar-refractivity contribution is 6.27. The fourth-order valence-corrected chi connectivity index (χ4v) is 1.60. The van der Waals surface area contributed by atoms with Crippen molar-refractivity contribution < 1.29 is 34.4 Å². The number of aliphatic carboxylic acids is 2. The SMILES string of the molecule is CCc1ccccc1OCCOCCNCCO.O=C(O)C(=O)O. The summed E-state index contributed by atoms with van der Waals surface area (Å²) in [6.07, 6.45) is 0.974. The van der Waals surface area contributed by atoms with E-state index in [9.17, 15) is 0 Å². The standard InChI is InChI=1S/C14H23NO3.C2H2O4/c1-2-13-5-3-4-6-14(13)18-12-11-17-10-8-15-7-9-16;3-1(4)2(5)6/h3-6,15-16H,2,7-12H2,1H3;(H,3,4)(H,5,6). The molecular weight excluding hydrogens is 318 g/mol. The number of ether oxygens (including phenoxy) is 2. The minimum Gasteiger partial charge on any atom is -0.491 e. The number of aliphatic hydroxyl groups excluding tert-OH is 1. The number of aryl methyl sites for hydroxylation is 1. The number of hydrogen-bond donors (Lipinski definition) is 4. The molecular formula is C16H25NO7. The quantitative estimate of drug-likeness (QED) is 0.355. The van der Waals surface area contributed by atoms with E-state index in [1.165, 1.54) is 5.56 Å². The molecule has 1 aromatic carbocycles. The second kappa shape index (κ2) is 14.4. The van der Waals surface area contributed by atoms with Gasteiger partial charge in [-0.15, -0.1) is 0 Å². The minimum atomic E-state index is -1.82. The summed E-state index contributed by atoms with van der Waals surface area (Å²) in [4.78, 5) is 18.2. The van der Waals surface area contributed by atoms with Crippen molar-refractivity contribution in [3.05, 3.63) is 29.8 Å². The Labute approximate surface area is 141 Å². The molecule has 0 aliphatic rings. The van der Waals surface area contributed by atoms with Gasteiger partial charge in [0.1, 0.15) is 12.4 Å². The van der Waals surface area contributed by atoms with Gasteiger partial charge in [-0.3, -0.25) is 0 Å². The third-order valence-electron chi connectivity index (χ3n) is 2.73. The van der Waals surface area contributed by atoms with E-state index in [4.69, 9.17) is 34.4 Å². The largest absolute Gasteiger partial charge is 0.491 e. The van der Waals surface area contributed by atoms with Crippen LogP contribution in [0.25, 0.3) is 0 Å². The molecule has 4 N–H and O–H groups in total. The van der Waals surface area contributed by atoms with Crippen LogP contribution in [0.3, 0.4) is 0 Å². The third-order valence-corrected chi connectivity index (χ3v) is 2.73. The Kier molecular flexibility index (Phi) is 13.1. The molecule has 1 rings (SSSR count). The van der Waals surface area contributed by atoms with Gasteiger partial charge in [-0.25, -0.2) is 9.59 Å². The number of aliphatic hydroxyl groups is 1. The van der Waals surface area contributed by atoms with Crippen molar-refractivity contribution in [1.29, 1.82) is 0 Å². The molecule has 0 spiro atoms. The second-order valence-corrected chi connectivity index (χ2v) is 4.51. The molecule has 0 saturated heterocycles. The predicted molar refractivity (Wildman–Crippen MR) is 87.4 cm³/mol. The Morgan fingerprint density at radius 3 is 2.29 bits per heavy atom. The summed E-state index contributed by atoms with van der Waals surface area (Å²) in [6.45, 7) is 5.44. The molecule has 1 aromatic rings. The van der Waals surface area contributed by atoms with Crippen LogP contribution in [-0.4, -0.2) is 66.8 Å². The van der Waals surface area contributed by atoms with Crippen molar-refractivity contribution in [3.63, 3.8) is 0 Å². The number of rotatable bonds is 10. The Morgan fingerprint density at radius 1 is 1.04 bits per heavy atom. The predicted octanol–water partition coefficient (Wildman–Crippen LogP) is 0.382. The molecule has 0 radical (unpaired) electrons. The topological polar surface area (TPSA) is 125 Å². The summed E-state index contributed by atoms with van der Waals surface area (Å²) in [5.41, 5.74) is 1.22. The van der Waals surface area contributed by atoms with Gasteiger partial charge in [-0.2, -0.15) is 0 Å². The molecule has 0 heterocycles. The zero-order chi connectivity index (χ0) is 18.2. The maximum absolute atomic E-state index is 9.10. The van der Waals surface area contributed by atoms with Gasteiger partial charge in [-0.1, -0.05) is 25.1 Å². The van der Waals surface area contributed by atoms with Gasteiger partial charge >= 0.3 is 11.9 Å². The molecule has 0 aliphatic carbocycles. The molecule has 24 heavy (non-hydrogen) atoms. The fraction of sp³-hybridized carbons (Fsp3) is 0.500. The van der Waals surface area contributed by atoms with E-state index >= 15 is 0 Å². The Hall–Kier alpha value is -2.16. The van der Waals surface area contributed by atoms with Gasteiger partial charge in [0.25, 0.3) is 0 Å². The summed E-state index contributed by atoms with van der Waals surface area (Å²) in [5.74, 6) is -2.70. The molecule has 0 atom stereocenters. The molecule has 8 heteroatoms. The summed E-state index contributed by atoms with van der Waals surface area (Å²) in [6, 6.07) is 8.07. The van der Waals surface area contributed by atoms with Crippen molar-refractivity contribution in [1.82, 2.24) is 5.32 Å². The lowest BCUT2D eigenvalue weighted by Crippen LogP contribution is -2.23. The second-order valence-electron chi connectivity index (χ2n) is 4.51. The van der Waals surface area contributed by atoms with Gasteiger partial charge < -0.3 is 30.1 Å². The zero-order valence-corrected chi connectivity index (χ0v) is 13.7. The van der Waals surface area contributed by atoms with Crippen molar-refractivity contribution in [3.8, 4) is 5.75 Å². The van der Waals surface area contributed by atoms with Crippen molar-refractivity contribution >= 4 is 11.9 Å². The van der Waals surface area contributed by atoms with Crippen LogP contribution in [0.1, 0.15) is 12.5 Å². The molecule has 136 valence electrons. The number of carboxylic acid groups (broad SMARTS) is 2. The Morgan fingerprint density at radius 2 is 1.71 bits per heavy atom. The van der Waals surface area contributed by atoms with Crippen LogP contribution in [-0.2, 0) is 20.7 Å². The summed E-state index contributed by atoms with van der Waals surface area (Å²) >= 11 is 0. The molecule has 0 aromatic heterocycles. The maximum Gasteiger partial charge on any atom is 0.414 e. The van der Waals surface area contributed by atoms with Crippen molar-refractivity contribution in [2.24, 2.45) is 0 Å². The molecule has 0 unspecified atom stereocenters. The third kappa shape index (κ3) is 11.4. The average Bonchev–Trinajstić information content (AvgIpc) is 2.58.